The third-order valence-corrected chi connectivity index (χ3v) is 3.80. The van der Waals surface area contributed by atoms with Gasteiger partial charge in [-0.15, -0.1) is 0 Å². The lowest BCUT2D eigenvalue weighted by molar-refractivity contribution is -0.268. The second-order valence-corrected chi connectivity index (χ2v) is 6.04. The summed E-state index contributed by atoms with van der Waals surface area (Å²) >= 11 is 0. The third-order valence-electron chi connectivity index (χ3n) is 3.80. The molecule has 5 heteroatoms. The number of aliphatic hydroxyl groups excluding tert-OH is 1. The van der Waals surface area contributed by atoms with E-state index in [2.05, 4.69) is 6.92 Å². The van der Waals surface area contributed by atoms with E-state index in [-0.39, 0.29) is 24.1 Å². The molecule has 0 aliphatic rings. The number of carbonyl (C=O) groups excluding carboxylic acids is 1. The zero-order valence-corrected chi connectivity index (χ0v) is 13.9. The first-order valence-corrected chi connectivity index (χ1v) is 8.52. The van der Waals surface area contributed by atoms with Gasteiger partial charge in [-0.1, -0.05) is 44.8 Å². The van der Waals surface area contributed by atoms with Gasteiger partial charge in [0, 0.05) is 12.5 Å². The third kappa shape index (κ3) is 9.18. The Morgan fingerprint density at radius 2 is 1.87 bits per heavy atom. The maximum Gasteiger partial charge on any atom is 0.335 e. The minimum absolute atomic E-state index is 0.00897. The summed E-state index contributed by atoms with van der Waals surface area (Å²) in [6.45, 7) is 2.14. The second-order valence-electron chi connectivity index (χ2n) is 6.04. The van der Waals surface area contributed by atoms with E-state index in [1.54, 1.807) is 0 Å². The van der Waals surface area contributed by atoms with Crippen molar-refractivity contribution in [3.63, 3.8) is 0 Å². The number of carbonyl (C=O) groups is 1. The largest absolute Gasteiger partial charge is 0.872 e. The van der Waals surface area contributed by atoms with Crippen LogP contribution in [-0.4, -0.2) is 17.0 Å². The normalized spacial score (nSPS) is 12.3. The van der Waals surface area contributed by atoms with Crippen molar-refractivity contribution in [3.05, 3.63) is 28.3 Å². The highest BCUT2D eigenvalue weighted by atomic mass is 16.4. The van der Waals surface area contributed by atoms with Crippen molar-refractivity contribution in [2.75, 3.05) is 0 Å². The Hall–Kier alpha value is -1.62. The predicted octanol–water partition coefficient (Wildman–Crippen LogP) is 2.72. The first-order chi connectivity index (χ1) is 11.0. The standard InChI is InChI=1S/C18H28O5/c1-2-3-5-8-14(19)9-6-4-7-10-15(20)11-17-12-16(21)13-18(22)23-17/h12-14,19,21H,2-11H2,1H3/p-1. The van der Waals surface area contributed by atoms with Gasteiger partial charge in [0.05, 0.1) is 12.5 Å². The van der Waals surface area contributed by atoms with Crippen LogP contribution in [0.3, 0.4) is 0 Å². The Bertz CT molecular complexity index is 520. The fraction of sp³-hybridized carbons (Fsp3) is 0.667. The van der Waals surface area contributed by atoms with E-state index in [0.717, 1.165) is 57.4 Å². The van der Waals surface area contributed by atoms with Gasteiger partial charge < -0.3 is 14.6 Å². The lowest BCUT2D eigenvalue weighted by Gasteiger charge is -2.09. The fourth-order valence-corrected chi connectivity index (χ4v) is 2.53. The maximum atomic E-state index is 11.8. The van der Waals surface area contributed by atoms with E-state index < -0.39 is 11.4 Å². The zero-order chi connectivity index (χ0) is 17.1. The summed E-state index contributed by atoms with van der Waals surface area (Å²) in [6.07, 6.45) is 7.74. The van der Waals surface area contributed by atoms with Gasteiger partial charge in [-0.05, 0) is 25.3 Å². The van der Waals surface area contributed by atoms with E-state index >= 15 is 0 Å². The van der Waals surface area contributed by atoms with Crippen LogP contribution in [0.4, 0.5) is 0 Å². The van der Waals surface area contributed by atoms with Gasteiger partial charge in [-0.25, -0.2) is 4.79 Å². The molecule has 0 radical (unpaired) electrons. The monoisotopic (exact) mass is 323 g/mol. The molecule has 0 aromatic carbocycles. The Balaban J connectivity index is 2.13. The van der Waals surface area contributed by atoms with Crippen LogP contribution in [-0.2, 0) is 11.2 Å². The molecule has 23 heavy (non-hydrogen) atoms. The number of rotatable bonds is 12. The molecule has 1 aromatic rings. The Morgan fingerprint density at radius 3 is 2.52 bits per heavy atom. The molecule has 1 atom stereocenters. The molecule has 0 saturated heterocycles. The fourth-order valence-electron chi connectivity index (χ4n) is 2.53. The topological polar surface area (TPSA) is 90.6 Å². The summed E-state index contributed by atoms with van der Waals surface area (Å²) in [5.74, 6) is -0.331. The van der Waals surface area contributed by atoms with Crippen LogP contribution in [0.2, 0.25) is 0 Å². The van der Waals surface area contributed by atoms with Gasteiger partial charge in [-0.2, -0.15) is 0 Å². The van der Waals surface area contributed by atoms with Crippen LogP contribution in [0.5, 0.6) is 5.75 Å². The van der Waals surface area contributed by atoms with Crippen LogP contribution in [0.15, 0.2) is 21.3 Å². The number of hydrogen-bond acceptors (Lipinski definition) is 5. The minimum Gasteiger partial charge on any atom is -0.872 e. The number of aliphatic hydroxyl groups is 1. The molecular weight excluding hydrogens is 296 g/mol. The van der Waals surface area contributed by atoms with Crippen LogP contribution in [0.1, 0.15) is 70.5 Å². The average molecular weight is 323 g/mol. The second kappa shape index (κ2) is 11.0. The Labute approximate surface area is 137 Å². The quantitative estimate of drug-likeness (QED) is 0.597. The van der Waals surface area contributed by atoms with Crippen molar-refractivity contribution in [3.8, 4) is 5.75 Å². The molecule has 1 unspecified atom stereocenters. The summed E-state index contributed by atoms with van der Waals surface area (Å²) in [7, 11) is 0. The highest BCUT2D eigenvalue weighted by Gasteiger charge is 2.07. The average Bonchev–Trinajstić information content (AvgIpc) is 2.46. The van der Waals surface area contributed by atoms with Crippen LogP contribution >= 0.6 is 0 Å². The van der Waals surface area contributed by atoms with Gasteiger partial charge in [-0.3, -0.25) is 4.79 Å². The Morgan fingerprint density at radius 1 is 1.17 bits per heavy atom. The Kier molecular flexibility index (Phi) is 9.29. The van der Waals surface area contributed by atoms with E-state index in [1.807, 2.05) is 0 Å². The van der Waals surface area contributed by atoms with E-state index in [4.69, 9.17) is 4.42 Å². The molecule has 0 fully saturated rings. The summed E-state index contributed by atoms with van der Waals surface area (Å²) in [4.78, 5) is 22.8. The van der Waals surface area contributed by atoms with Crippen LogP contribution in [0, 0.1) is 0 Å². The van der Waals surface area contributed by atoms with Crippen molar-refractivity contribution in [1.29, 1.82) is 0 Å². The molecule has 1 rings (SSSR count). The highest BCUT2D eigenvalue weighted by molar-refractivity contribution is 5.80. The minimum atomic E-state index is -0.711. The summed E-state index contributed by atoms with van der Waals surface area (Å²) in [6, 6.07) is 2.05. The summed E-state index contributed by atoms with van der Waals surface area (Å²) in [5, 5.41) is 20.9. The first-order valence-electron chi connectivity index (χ1n) is 8.52. The first kappa shape index (κ1) is 19.4. The van der Waals surface area contributed by atoms with E-state index in [9.17, 15) is 19.8 Å². The molecule has 0 aliphatic carbocycles. The van der Waals surface area contributed by atoms with E-state index in [1.165, 1.54) is 6.07 Å². The molecule has 0 amide bonds. The van der Waals surface area contributed by atoms with Crippen molar-refractivity contribution in [1.82, 2.24) is 0 Å². The highest BCUT2D eigenvalue weighted by Crippen LogP contribution is 2.13. The number of Topliss-reactive ketones (excluding diaryl/α,β-unsaturated/α-hetero) is 1. The number of hydrogen-bond donors (Lipinski definition) is 1. The number of ketones is 1. The van der Waals surface area contributed by atoms with Crippen LogP contribution in [0.25, 0.3) is 0 Å². The molecule has 1 N–H and O–H groups in total. The molecule has 1 aromatic heterocycles. The van der Waals surface area contributed by atoms with Crippen molar-refractivity contribution >= 4 is 5.78 Å². The van der Waals surface area contributed by atoms with Gasteiger partial charge in [0.1, 0.15) is 11.5 Å². The molecular formula is C18H27O5-. The van der Waals surface area contributed by atoms with Crippen molar-refractivity contribution < 1.29 is 19.4 Å². The SMILES string of the molecule is CCCCCC(O)CCCCCC(=O)Cc1cc([O-])cc(=O)o1. The molecule has 1 heterocycles. The molecule has 0 aliphatic heterocycles. The summed E-state index contributed by atoms with van der Waals surface area (Å²) < 4.78 is 4.82. The number of unbranched alkanes of at least 4 members (excludes halogenated alkanes) is 4. The lowest BCUT2D eigenvalue weighted by Crippen LogP contribution is -2.08. The molecule has 130 valence electrons. The van der Waals surface area contributed by atoms with Crippen LogP contribution < -0.4 is 10.7 Å². The van der Waals surface area contributed by atoms with E-state index in [0.29, 0.717) is 6.42 Å². The zero-order valence-electron chi connectivity index (χ0n) is 13.9. The van der Waals surface area contributed by atoms with Crippen molar-refractivity contribution in [2.24, 2.45) is 0 Å². The summed E-state index contributed by atoms with van der Waals surface area (Å²) in [5.41, 5.74) is -0.711. The molecule has 0 saturated carbocycles. The molecule has 0 spiro atoms. The van der Waals surface area contributed by atoms with Gasteiger partial charge in [0.2, 0.25) is 0 Å². The lowest BCUT2D eigenvalue weighted by atomic mass is 10.0. The van der Waals surface area contributed by atoms with Gasteiger partial charge in [0.25, 0.3) is 0 Å². The van der Waals surface area contributed by atoms with Gasteiger partial charge in [0.15, 0.2) is 0 Å². The molecule has 0 bridgehead atoms. The molecule has 5 nitrogen and oxygen atoms in total. The maximum absolute atomic E-state index is 11.8. The smallest absolute Gasteiger partial charge is 0.335 e. The predicted molar refractivity (Wildman–Crippen MR) is 86.4 cm³/mol. The van der Waals surface area contributed by atoms with Gasteiger partial charge >= 0.3 is 5.63 Å². The van der Waals surface area contributed by atoms with Crippen molar-refractivity contribution in [2.45, 2.75) is 77.2 Å².